The number of benzene rings is 4. The molecule has 0 saturated heterocycles. The molecule has 1 N–H and O–H groups in total. The van der Waals surface area contributed by atoms with E-state index in [1.807, 2.05) is 30.3 Å². The molecule has 148 valence electrons. The fraction of sp³-hybridized carbons (Fsp3) is 0.0741. The van der Waals surface area contributed by atoms with Gasteiger partial charge in [-0.15, -0.1) is 0 Å². The van der Waals surface area contributed by atoms with Crippen LogP contribution in [-0.4, -0.2) is 11.9 Å². The maximum atomic E-state index is 4.75. The molecular formula is C27H26N2P+. The topological polar surface area (TPSA) is 24.4 Å². The van der Waals surface area contributed by atoms with Crippen LogP contribution < -0.4 is 21.3 Å². The van der Waals surface area contributed by atoms with Gasteiger partial charge < -0.3 is 0 Å². The Morgan fingerprint density at radius 1 is 0.600 bits per heavy atom. The molecule has 0 amide bonds. The second kappa shape index (κ2) is 9.52. The van der Waals surface area contributed by atoms with Gasteiger partial charge in [0.25, 0.3) is 0 Å². The zero-order valence-electron chi connectivity index (χ0n) is 17.1. The van der Waals surface area contributed by atoms with Crippen LogP contribution in [0, 0.1) is 0 Å². The second-order valence-corrected chi connectivity index (χ2v) is 10.8. The highest BCUT2D eigenvalue weighted by Crippen LogP contribution is 2.55. The fourth-order valence-corrected chi connectivity index (χ4v) is 8.06. The van der Waals surface area contributed by atoms with Crippen molar-refractivity contribution in [1.29, 1.82) is 0 Å². The molecule has 4 aromatic carbocycles. The second-order valence-electron chi connectivity index (χ2n) is 7.30. The third kappa shape index (κ3) is 4.35. The lowest BCUT2D eigenvalue weighted by atomic mass is 10.3. The van der Waals surface area contributed by atoms with E-state index in [9.17, 15) is 0 Å². The molecule has 3 heteroatoms. The van der Waals surface area contributed by atoms with E-state index in [0.29, 0.717) is 0 Å². The van der Waals surface area contributed by atoms with Gasteiger partial charge in [-0.05, 0) is 55.5 Å². The lowest BCUT2D eigenvalue weighted by molar-refractivity contribution is 1.32. The van der Waals surface area contributed by atoms with E-state index in [2.05, 4.69) is 103 Å². The number of nitrogens with zero attached hydrogens (tertiary/aromatic N) is 1. The first-order valence-corrected chi connectivity index (χ1v) is 12.2. The van der Waals surface area contributed by atoms with Gasteiger partial charge in [-0.3, -0.25) is 5.43 Å². The van der Waals surface area contributed by atoms with E-state index in [1.54, 1.807) is 0 Å². The SMILES string of the molecule is CC(C[P+](c1ccccc1)(c1ccccc1)c1ccccc1)=NNc1ccccc1. The first kappa shape index (κ1) is 20.1. The van der Waals surface area contributed by atoms with Gasteiger partial charge >= 0.3 is 0 Å². The summed E-state index contributed by atoms with van der Waals surface area (Å²) in [6.07, 6.45) is 0.880. The summed E-state index contributed by atoms with van der Waals surface area (Å²) >= 11 is 0. The Kier molecular flexibility index (Phi) is 6.37. The van der Waals surface area contributed by atoms with Gasteiger partial charge in [0.15, 0.2) is 0 Å². The number of nitrogens with one attached hydrogen (secondary N) is 1. The average molecular weight is 409 g/mol. The predicted molar refractivity (Wildman–Crippen MR) is 133 cm³/mol. The molecule has 30 heavy (non-hydrogen) atoms. The standard InChI is InChI=1S/C27H26N2P/c1-23(28-29-24-14-6-2-7-15-24)22-30(25-16-8-3-9-17-25,26-18-10-4-11-19-26)27-20-12-5-13-21-27/h2-21,29H,22H2,1H3/q+1. The van der Waals surface area contributed by atoms with Crippen molar-refractivity contribution < 1.29 is 0 Å². The predicted octanol–water partition coefficient (Wildman–Crippen LogP) is 5.47. The van der Waals surface area contributed by atoms with Crippen molar-refractivity contribution in [2.24, 2.45) is 5.10 Å². The Bertz CT molecular complexity index is 982. The van der Waals surface area contributed by atoms with Crippen LogP contribution in [0.25, 0.3) is 0 Å². The average Bonchev–Trinajstić information content (AvgIpc) is 2.83. The number of rotatable bonds is 7. The third-order valence-corrected chi connectivity index (χ3v) is 9.68. The molecule has 0 aliphatic rings. The summed E-state index contributed by atoms with van der Waals surface area (Å²) in [5, 5.41) is 8.87. The normalized spacial score (nSPS) is 11.8. The number of hydrogen-bond acceptors (Lipinski definition) is 2. The van der Waals surface area contributed by atoms with Gasteiger partial charge in [-0.25, -0.2) is 0 Å². The van der Waals surface area contributed by atoms with Gasteiger partial charge in [0.1, 0.15) is 29.3 Å². The van der Waals surface area contributed by atoms with E-state index < -0.39 is 7.26 Å². The molecule has 0 unspecified atom stereocenters. The van der Waals surface area contributed by atoms with Crippen LogP contribution in [0.2, 0.25) is 0 Å². The minimum Gasteiger partial charge on any atom is -0.278 e. The summed E-state index contributed by atoms with van der Waals surface area (Å²) in [6, 6.07) is 42.9. The van der Waals surface area contributed by atoms with Crippen LogP contribution in [-0.2, 0) is 0 Å². The van der Waals surface area contributed by atoms with Crippen molar-refractivity contribution in [2.45, 2.75) is 6.92 Å². The van der Waals surface area contributed by atoms with Crippen molar-refractivity contribution in [3.05, 3.63) is 121 Å². The zero-order valence-corrected chi connectivity index (χ0v) is 18.0. The van der Waals surface area contributed by atoms with E-state index in [4.69, 9.17) is 5.10 Å². The molecule has 0 aromatic heterocycles. The Morgan fingerprint density at radius 3 is 1.37 bits per heavy atom. The van der Waals surface area contributed by atoms with Crippen molar-refractivity contribution >= 4 is 34.6 Å². The Balaban J connectivity index is 1.82. The van der Waals surface area contributed by atoms with Gasteiger partial charge in [-0.2, -0.15) is 5.10 Å². The molecule has 0 aliphatic heterocycles. The smallest absolute Gasteiger partial charge is 0.117 e. The first-order chi connectivity index (χ1) is 14.8. The number of para-hydroxylation sites is 1. The summed E-state index contributed by atoms with van der Waals surface area (Å²) in [6.45, 7) is 2.12. The van der Waals surface area contributed by atoms with E-state index in [-0.39, 0.29) is 0 Å². The molecule has 0 fully saturated rings. The van der Waals surface area contributed by atoms with Crippen molar-refractivity contribution in [3.63, 3.8) is 0 Å². The molecule has 0 bridgehead atoms. The Hall–Kier alpha value is -3.22. The maximum Gasteiger partial charge on any atom is 0.117 e. The lowest BCUT2D eigenvalue weighted by Crippen LogP contribution is -2.35. The van der Waals surface area contributed by atoms with E-state index in [0.717, 1.165) is 17.6 Å². The van der Waals surface area contributed by atoms with Gasteiger partial charge in [0.05, 0.1) is 11.4 Å². The van der Waals surface area contributed by atoms with Crippen LogP contribution >= 0.6 is 7.26 Å². The van der Waals surface area contributed by atoms with Crippen molar-refractivity contribution in [3.8, 4) is 0 Å². The number of hydrogen-bond donors (Lipinski definition) is 1. The van der Waals surface area contributed by atoms with Crippen LogP contribution in [0.3, 0.4) is 0 Å². The summed E-state index contributed by atoms with van der Waals surface area (Å²) in [4.78, 5) is 0. The molecule has 2 nitrogen and oxygen atoms in total. The molecular weight excluding hydrogens is 383 g/mol. The molecule has 0 heterocycles. The molecule has 0 spiro atoms. The summed E-state index contributed by atoms with van der Waals surface area (Å²) in [7, 11) is -1.90. The third-order valence-electron chi connectivity index (χ3n) is 5.21. The van der Waals surface area contributed by atoms with Crippen LogP contribution in [0.15, 0.2) is 126 Å². The summed E-state index contributed by atoms with van der Waals surface area (Å²) < 4.78 is 0. The number of hydrazone groups is 1. The largest absolute Gasteiger partial charge is 0.278 e. The fourth-order valence-electron chi connectivity index (χ4n) is 3.82. The Morgan fingerprint density at radius 2 is 0.967 bits per heavy atom. The zero-order chi connectivity index (χ0) is 20.7. The molecule has 0 aliphatic carbocycles. The first-order valence-electron chi connectivity index (χ1n) is 10.2. The highest BCUT2D eigenvalue weighted by molar-refractivity contribution is 7.96. The molecule has 0 saturated carbocycles. The van der Waals surface area contributed by atoms with E-state index in [1.165, 1.54) is 15.9 Å². The molecule has 4 rings (SSSR count). The van der Waals surface area contributed by atoms with Crippen molar-refractivity contribution in [1.82, 2.24) is 0 Å². The summed E-state index contributed by atoms with van der Waals surface area (Å²) in [5.74, 6) is 0. The molecule has 0 radical (unpaired) electrons. The van der Waals surface area contributed by atoms with E-state index >= 15 is 0 Å². The highest BCUT2D eigenvalue weighted by atomic mass is 31.2. The monoisotopic (exact) mass is 409 g/mol. The van der Waals surface area contributed by atoms with Gasteiger partial charge in [-0.1, -0.05) is 72.8 Å². The Labute approximate surface area is 179 Å². The van der Waals surface area contributed by atoms with Crippen LogP contribution in [0.4, 0.5) is 5.69 Å². The summed E-state index contributed by atoms with van der Waals surface area (Å²) in [5.41, 5.74) is 5.31. The molecule has 4 aromatic rings. The van der Waals surface area contributed by atoms with Gasteiger partial charge in [0, 0.05) is 0 Å². The minimum atomic E-state index is -1.90. The highest BCUT2D eigenvalue weighted by Gasteiger charge is 2.45. The van der Waals surface area contributed by atoms with Crippen LogP contribution in [0.5, 0.6) is 0 Å². The molecule has 0 atom stereocenters. The van der Waals surface area contributed by atoms with Crippen LogP contribution in [0.1, 0.15) is 6.92 Å². The minimum absolute atomic E-state index is 0.880. The maximum absolute atomic E-state index is 4.75. The number of anilines is 1. The lowest BCUT2D eigenvalue weighted by Gasteiger charge is -2.27. The quantitative estimate of drug-likeness (QED) is 0.244. The van der Waals surface area contributed by atoms with Gasteiger partial charge in [0.2, 0.25) is 0 Å². The van der Waals surface area contributed by atoms with Crippen molar-refractivity contribution in [2.75, 3.05) is 11.6 Å².